The normalized spacial score (nSPS) is 26.4. The van der Waals surface area contributed by atoms with Gasteiger partial charge in [0.1, 0.15) is 11.2 Å². The number of ether oxygens (including phenoxy) is 2. The van der Waals surface area contributed by atoms with Gasteiger partial charge in [-0.1, -0.05) is 33.1 Å². The molecule has 3 heterocycles. The molecule has 34 heavy (non-hydrogen) atoms. The SMILES string of the molecule is CC(Cc1nc2c3ccc4c(c3nc(N)n2n1)OC(F)(F)CO4)C(C)C1CCCCC(C)(F)C1. The molecule has 0 radical (unpaired) electrons. The van der Waals surface area contributed by atoms with Crippen LogP contribution in [0.25, 0.3) is 16.6 Å². The number of nitrogens with two attached hydrogens (primary N) is 1. The first-order valence-electron chi connectivity index (χ1n) is 11.9. The summed E-state index contributed by atoms with van der Waals surface area (Å²) in [5.74, 6) is 1.45. The molecule has 0 saturated heterocycles. The molecule has 1 fully saturated rings. The van der Waals surface area contributed by atoms with Crippen molar-refractivity contribution in [2.75, 3.05) is 12.3 Å². The fraction of sp³-hybridized carbons (Fsp3) is 0.625. The van der Waals surface area contributed by atoms with Gasteiger partial charge in [0.2, 0.25) is 5.95 Å². The predicted octanol–water partition coefficient (Wildman–Crippen LogP) is 5.35. The standard InChI is InChI=1S/C24H30F3N5O2/c1-13(14(2)15-6-4-5-9-23(3,25)11-15)10-18-29-21-16-7-8-17-20(34-24(26,27)12-33-17)19(16)30-22(28)32(21)31-18/h7-8,13-15H,4-6,9-12H2,1-3H3,(H2,28,30). The zero-order chi connectivity index (χ0) is 24.3. The Balaban J connectivity index is 1.45. The Bertz CT molecular complexity index is 1230. The van der Waals surface area contributed by atoms with Crippen LogP contribution in [0.5, 0.6) is 11.5 Å². The fourth-order valence-electron chi connectivity index (χ4n) is 5.37. The summed E-state index contributed by atoms with van der Waals surface area (Å²) in [5.41, 5.74) is 5.58. The van der Waals surface area contributed by atoms with E-state index >= 15 is 0 Å². The Morgan fingerprint density at radius 1 is 1.21 bits per heavy atom. The maximum atomic E-state index is 14.8. The zero-order valence-corrected chi connectivity index (χ0v) is 19.7. The summed E-state index contributed by atoms with van der Waals surface area (Å²) in [6, 6.07) is 3.25. The molecular weight excluding hydrogens is 447 g/mol. The van der Waals surface area contributed by atoms with Crippen LogP contribution in [0.1, 0.15) is 58.7 Å². The van der Waals surface area contributed by atoms with Crippen molar-refractivity contribution in [3.63, 3.8) is 0 Å². The van der Waals surface area contributed by atoms with Gasteiger partial charge in [0, 0.05) is 11.8 Å². The first kappa shape index (κ1) is 23.0. The van der Waals surface area contributed by atoms with Crippen molar-refractivity contribution in [2.24, 2.45) is 17.8 Å². The van der Waals surface area contributed by atoms with Crippen molar-refractivity contribution >= 4 is 22.5 Å². The van der Waals surface area contributed by atoms with E-state index in [1.807, 2.05) is 0 Å². The lowest BCUT2D eigenvalue weighted by Gasteiger charge is -2.31. The van der Waals surface area contributed by atoms with Crippen molar-refractivity contribution in [3.8, 4) is 11.5 Å². The van der Waals surface area contributed by atoms with Crippen LogP contribution in [0.15, 0.2) is 12.1 Å². The molecule has 0 bridgehead atoms. The van der Waals surface area contributed by atoms with Gasteiger partial charge in [-0.3, -0.25) is 0 Å². The number of rotatable bonds is 4. The molecule has 2 aliphatic rings. The highest BCUT2D eigenvalue weighted by Gasteiger charge is 2.40. The van der Waals surface area contributed by atoms with Gasteiger partial charge in [-0.05, 0) is 49.7 Å². The Morgan fingerprint density at radius 2 is 2.00 bits per heavy atom. The van der Waals surface area contributed by atoms with E-state index in [-0.39, 0.29) is 28.9 Å². The highest BCUT2D eigenvalue weighted by Crippen LogP contribution is 2.43. The summed E-state index contributed by atoms with van der Waals surface area (Å²) in [6.07, 6.45) is 1.36. The van der Waals surface area contributed by atoms with E-state index in [1.165, 1.54) is 4.52 Å². The number of nitrogen functional groups attached to an aromatic ring is 1. The molecule has 184 valence electrons. The third-order valence-electron chi connectivity index (χ3n) is 7.43. The second kappa shape index (κ2) is 8.16. The van der Waals surface area contributed by atoms with Gasteiger partial charge in [0.25, 0.3) is 0 Å². The minimum absolute atomic E-state index is 0.0183. The van der Waals surface area contributed by atoms with Crippen LogP contribution < -0.4 is 15.2 Å². The van der Waals surface area contributed by atoms with Crippen LogP contribution in [-0.4, -0.2) is 38.0 Å². The Kier molecular flexibility index (Phi) is 5.52. The first-order chi connectivity index (χ1) is 16.0. The van der Waals surface area contributed by atoms with E-state index in [9.17, 15) is 13.2 Å². The molecule has 7 nitrogen and oxygen atoms in total. The lowest BCUT2D eigenvalue weighted by Crippen LogP contribution is -2.36. The van der Waals surface area contributed by atoms with Crippen molar-refractivity contribution in [1.82, 2.24) is 19.6 Å². The minimum atomic E-state index is -3.46. The molecule has 5 rings (SSSR count). The Morgan fingerprint density at radius 3 is 2.79 bits per heavy atom. The van der Waals surface area contributed by atoms with E-state index in [0.29, 0.717) is 48.0 Å². The van der Waals surface area contributed by atoms with Crippen LogP contribution >= 0.6 is 0 Å². The fourth-order valence-corrected chi connectivity index (χ4v) is 5.37. The van der Waals surface area contributed by atoms with Crippen molar-refractivity contribution in [1.29, 1.82) is 0 Å². The zero-order valence-electron chi connectivity index (χ0n) is 19.7. The molecular formula is C24H30F3N5O2. The van der Waals surface area contributed by atoms with Gasteiger partial charge >= 0.3 is 6.11 Å². The van der Waals surface area contributed by atoms with E-state index < -0.39 is 18.4 Å². The highest BCUT2D eigenvalue weighted by atomic mass is 19.3. The van der Waals surface area contributed by atoms with Crippen LogP contribution in [0.2, 0.25) is 0 Å². The topological polar surface area (TPSA) is 87.6 Å². The summed E-state index contributed by atoms with van der Waals surface area (Å²) in [5, 5.41) is 5.03. The summed E-state index contributed by atoms with van der Waals surface area (Å²) >= 11 is 0. The maximum Gasteiger partial charge on any atom is 0.433 e. The molecule has 10 heteroatoms. The number of halogens is 3. The molecule has 0 spiro atoms. The monoisotopic (exact) mass is 477 g/mol. The van der Waals surface area contributed by atoms with E-state index in [0.717, 1.165) is 19.3 Å². The van der Waals surface area contributed by atoms with Crippen LogP contribution in [0, 0.1) is 17.8 Å². The van der Waals surface area contributed by atoms with E-state index in [2.05, 4.69) is 28.9 Å². The van der Waals surface area contributed by atoms with Crippen LogP contribution in [-0.2, 0) is 6.42 Å². The highest BCUT2D eigenvalue weighted by molar-refractivity contribution is 5.97. The summed E-state index contributed by atoms with van der Waals surface area (Å²) < 4.78 is 53.9. The molecule has 1 aliphatic carbocycles. The Hall–Kier alpha value is -2.78. The number of anilines is 1. The molecule has 4 atom stereocenters. The third kappa shape index (κ3) is 4.22. The number of benzene rings is 1. The lowest BCUT2D eigenvalue weighted by atomic mass is 9.76. The number of nitrogens with zero attached hydrogens (tertiary/aromatic N) is 4. The van der Waals surface area contributed by atoms with Gasteiger partial charge in [0.15, 0.2) is 29.6 Å². The quantitative estimate of drug-likeness (QED) is 0.510. The van der Waals surface area contributed by atoms with Crippen LogP contribution in [0.3, 0.4) is 0 Å². The molecule has 2 aromatic heterocycles. The predicted molar refractivity (Wildman–Crippen MR) is 122 cm³/mol. The van der Waals surface area contributed by atoms with Crippen LogP contribution in [0.4, 0.5) is 19.1 Å². The molecule has 0 amide bonds. The molecule has 1 aliphatic heterocycles. The van der Waals surface area contributed by atoms with Gasteiger partial charge in [0.05, 0.1) is 0 Å². The van der Waals surface area contributed by atoms with Crippen molar-refractivity contribution in [2.45, 2.75) is 71.1 Å². The molecule has 3 aromatic rings. The smallest absolute Gasteiger partial charge is 0.433 e. The first-order valence-corrected chi connectivity index (χ1v) is 11.9. The number of aromatic nitrogens is 4. The second-order valence-corrected chi connectivity index (χ2v) is 10.2. The number of hydrogen-bond donors (Lipinski definition) is 1. The average Bonchev–Trinajstić information content (AvgIpc) is 3.10. The number of hydrogen-bond acceptors (Lipinski definition) is 6. The number of alkyl halides is 3. The maximum absolute atomic E-state index is 14.8. The second-order valence-electron chi connectivity index (χ2n) is 10.2. The Labute approximate surface area is 195 Å². The van der Waals surface area contributed by atoms with Crippen molar-refractivity contribution in [3.05, 3.63) is 18.0 Å². The lowest BCUT2D eigenvalue weighted by molar-refractivity contribution is -0.208. The van der Waals surface area contributed by atoms with Gasteiger partial charge in [-0.25, -0.2) is 14.4 Å². The van der Waals surface area contributed by atoms with Gasteiger partial charge in [-0.2, -0.15) is 13.3 Å². The summed E-state index contributed by atoms with van der Waals surface area (Å²) in [6.45, 7) is 5.18. The molecule has 1 saturated carbocycles. The van der Waals surface area contributed by atoms with Gasteiger partial charge < -0.3 is 15.2 Å². The van der Waals surface area contributed by atoms with Gasteiger partial charge in [-0.15, -0.1) is 5.10 Å². The average molecular weight is 478 g/mol. The minimum Gasteiger partial charge on any atom is -0.479 e. The molecule has 2 N–H and O–H groups in total. The van der Waals surface area contributed by atoms with Crippen molar-refractivity contribution < 1.29 is 22.6 Å². The molecule has 1 aromatic carbocycles. The molecule has 4 unspecified atom stereocenters. The number of fused-ring (bicyclic) bond motifs is 5. The van der Waals surface area contributed by atoms with E-state index in [1.54, 1.807) is 19.1 Å². The van der Waals surface area contributed by atoms with E-state index in [4.69, 9.17) is 15.2 Å². The summed E-state index contributed by atoms with van der Waals surface area (Å²) in [7, 11) is 0. The summed E-state index contributed by atoms with van der Waals surface area (Å²) in [4.78, 5) is 8.94. The third-order valence-corrected chi connectivity index (χ3v) is 7.43. The largest absolute Gasteiger partial charge is 0.479 e.